The minimum absolute atomic E-state index is 0.0469. The van der Waals surface area contributed by atoms with Crippen LogP contribution in [0.15, 0.2) is 64.4 Å². The van der Waals surface area contributed by atoms with Crippen LogP contribution < -0.4 is 5.32 Å². The number of nitrogens with zero attached hydrogens (tertiary/aromatic N) is 2. The molecule has 0 aliphatic rings. The summed E-state index contributed by atoms with van der Waals surface area (Å²) in [5.41, 5.74) is 1.13. The smallest absolute Gasteiger partial charge is 0.275 e. The molecule has 1 amide bonds. The van der Waals surface area contributed by atoms with E-state index in [1.54, 1.807) is 30.3 Å². The Morgan fingerprint density at radius 1 is 1.23 bits per heavy atom. The quantitative estimate of drug-likeness (QED) is 0.453. The summed E-state index contributed by atoms with van der Waals surface area (Å²) in [5.74, 6) is -0.343. The van der Waals surface area contributed by atoms with Crippen LogP contribution in [0.2, 0.25) is 0 Å². The molecule has 0 aliphatic heterocycles. The van der Waals surface area contributed by atoms with Gasteiger partial charge >= 0.3 is 0 Å². The summed E-state index contributed by atoms with van der Waals surface area (Å²) in [6.45, 7) is 0. The van der Waals surface area contributed by atoms with Crippen LogP contribution in [-0.2, 0) is 5.75 Å². The van der Waals surface area contributed by atoms with E-state index in [2.05, 4.69) is 31.2 Å². The lowest BCUT2D eigenvalue weighted by Gasteiger charge is -2.08. The number of amides is 1. The molecule has 0 unspecified atom stereocenters. The first-order valence-corrected chi connectivity index (χ1v) is 9.30. The molecule has 0 saturated heterocycles. The molecule has 132 valence electrons. The van der Waals surface area contributed by atoms with E-state index in [0.717, 1.165) is 0 Å². The largest absolute Gasteiger partial charge is 0.508 e. The first kappa shape index (κ1) is 18.3. The van der Waals surface area contributed by atoms with Crippen molar-refractivity contribution >= 4 is 39.3 Å². The molecule has 0 radical (unpaired) electrons. The molecule has 3 aromatic rings. The average molecular weight is 434 g/mol. The van der Waals surface area contributed by atoms with E-state index >= 15 is 0 Å². The standard InChI is InChI=1S/C18H13BrFN3O2S/c19-14-9-21-18(26-10-11-4-1-2-7-15(11)20)23-16(14)17(25)22-12-5-3-6-13(24)8-12/h1-9,24H,10H2,(H,22,25). The van der Waals surface area contributed by atoms with Crippen molar-refractivity contribution in [2.45, 2.75) is 10.9 Å². The van der Waals surface area contributed by atoms with Crippen molar-refractivity contribution in [3.8, 4) is 5.75 Å². The maximum atomic E-state index is 13.7. The molecule has 0 bridgehead atoms. The van der Waals surface area contributed by atoms with Crippen molar-refractivity contribution in [3.63, 3.8) is 0 Å². The summed E-state index contributed by atoms with van der Waals surface area (Å²) in [7, 11) is 0. The molecule has 2 aromatic carbocycles. The number of aromatic nitrogens is 2. The van der Waals surface area contributed by atoms with Crippen LogP contribution in [0.5, 0.6) is 5.75 Å². The van der Waals surface area contributed by atoms with E-state index in [-0.39, 0.29) is 17.3 Å². The Labute approximate surface area is 161 Å². The van der Waals surface area contributed by atoms with Crippen molar-refractivity contribution < 1.29 is 14.3 Å². The zero-order valence-electron chi connectivity index (χ0n) is 13.3. The number of carbonyl (C=O) groups is 1. The summed E-state index contributed by atoms with van der Waals surface area (Å²) >= 11 is 4.50. The number of carbonyl (C=O) groups excluding carboxylic acids is 1. The Kier molecular flexibility index (Phi) is 5.85. The topological polar surface area (TPSA) is 75.1 Å². The second-order valence-corrected chi connectivity index (χ2v) is 7.03. The van der Waals surface area contributed by atoms with Gasteiger partial charge in [-0.3, -0.25) is 4.79 Å². The highest BCUT2D eigenvalue weighted by Gasteiger charge is 2.15. The molecule has 0 aliphatic carbocycles. The molecule has 1 heterocycles. The van der Waals surface area contributed by atoms with E-state index in [0.29, 0.717) is 26.6 Å². The van der Waals surface area contributed by atoms with Crippen molar-refractivity contribution in [2.24, 2.45) is 0 Å². The third-order valence-electron chi connectivity index (χ3n) is 3.36. The van der Waals surface area contributed by atoms with Gasteiger partial charge in [0, 0.05) is 23.7 Å². The monoisotopic (exact) mass is 433 g/mol. The van der Waals surface area contributed by atoms with Gasteiger partial charge in [0.2, 0.25) is 0 Å². The zero-order valence-corrected chi connectivity index (χ0v) is 15.7. The minimum Gasteiger partial charge on any atom is -0.508 e. The number of anilines is 1. The normalized spacial score (nSPS) is 10.5. The number of rotatable bonds is 5. The summed E-state index contributed by atoms with van der Waals surface area (Å²) < 4.78 is 14.1. The fourth-order valence-corrected chi connectivity index (χ4v) is 3.28. The highest BCUT2D eigenvalue weighted by Crippen LogP contribution is 2.24. The van der Waals surface area contributed by atoms with E-state index in [9.17, 15) is 14.3 Å². The highest BCUT2D eigenvalue weighted by atomic mass is 79.9. The van der Waals surface area contributed by atoms with Crippen LogP contribution >= 0.6 is 27.7 Å². The molecule has 0 saturated carbocycles. The van der Waals surface area contributed by atoms with Gasteiger partial charge in [0.1, 0.15) is 17.3 Å². The Balaban J connectivity index is 1.74. The molecule has 8 heteroatoms. The van der Waals surface area contributed by atoms with Gasteiger partial charge in [-0.2, -0.15) is 0 Å². The number of aromatic hydroxyl groups is 1. The minimum atomic E-state index is -0.447. The average Bonchev–Trinajstić information content (AvgIpc) is 2.62. The lowest BCUT2D eigenvalue weighted by molar-refractivity contribution is 0.102. The molecule has 0 atom stereocenters. The van der Waals surface area contributed by atoms with E-state index in [1.807, 2.05) is 0 Å². The third kappa shape index (κ3) is 4.59. The van der Waals surface area contributed by atoms with Crippen LogP contribution in [-0.4, -0.2) is 21.0 Å². The molecular formula is C18H13BrFN3O2S. The fourth-order valence-electron chi connectivity index (χ4n) is 2.11. The number of thioether (sulfide) groups is 1. The number of phenols is 1. The highest BCUT2D eigenvalue weighted by molar-refractivity contribution is 9.10. The van der Waals surface area contributed by atoms with Crippen molar-refractivity contribution in [2.75, 3.05) is 5.32 Å². The SMILES string of the molecule is O=C(Nc1cccc(O)c1)c1nc(SCc2ccccc2F)ncc1Br. The van der Waals surface area contributed by atoms with Gasteiger partial charge in [-0.25, -0.2) is 14.4 Å². The lowest BCUT2D eigenvalue weighted by atomic mass is 10.2. The van der Waals surface area contributed by atoms with Crippen LogP contribution in [0.3, 0.4) is 0 Å². The van der Waals surface area contributed by atoms with Gasteiger partial charge in [-0.1, -0.05) is 36.0 Å². The lowest BCUT2D eigenvalue weighted by Crippen LogP contribution is -2.15. The van der Waals surface area contributed by atoms with E-state index in [4.69, 9.17) is 0 Å². The zero-order chi connectivity index (χ0) is 18.5. The molecule has 5 nitrogen and oxygen atoms in total. The predicted molar refractivity (Wildman–Crippen MR) is 102 cm³/mol. The summed E-state index contributed by atoms with van der Waals surface area (Å²) in [4.78, 5) is 20.8. The Morgan fingerprint density at radius 3 is 2.81 bits per heavy atom. The van der Waals surface area contributed by atoms with Crippen molar-refractivity contribution in [1.82, 2.24) is 9.97 Å². The van der Waals surface area contributed by atoms with Crippen molar-refractivity contribution in [3.05, 3.63) is 76.3 Å². The number of hydrogen-bond donors (Lipinski definition) is 2. The van der Waals surface area contributed by atoms with Crippen LogP contribution in [0.4, 0.5) is 10.1 Å². The molecule has 3 rings (SSSR count). The number of benzene rings is 2. The molecule has 2 N–H and O–H groups in total. The molecule has 0 fully saturated rings. The second kappa shape index (κ2) is 8.29. The van der Waals surface area contributed by atoms with Gasteiger partial charge < -0.3 is 10.4 Å². The number of halogens is 2. The summed E-state index contributed by atoms with van der Waals surface area (Å²) in [6, 6.07) is 12.7. The number of phenolic OH excluding ortho intramolecular Hbond substituents is 1. The predicted octanol–water partition coefficient (Wildman–Crippen LogP) is 4.63. The molecule has 26 heavy (non-hydrogen) atoms. The number of hydrogen-bond acceptors (Lipinski definition) is 5. The first-order chi connectivity index (χ1) is 12.5. The van der Waals surface area contributed by atoms with E-state index in [1.165, 1.54) is 36.2 Å². The van der Waals surface area contributed by atoms with Gasteiger partial charge in [-0.05, 0) is 39.7 Å². The van der Waals surface area contributed by atoms with Gasteiger partial charge in [0.05, 0.1) is 4.47 Å². The maximum absolute atomic E-state index is 13.7. The fraction of sp³-hybridized carbons (Fsp3) is 0.0556. The first-order valence-electron chi connectivity index (χ1n) is 7.52. The Hall–Kier alpha value is -2.45. The maximum Gasteiger partial charge on any atom is 0.275 e. The second-order valence-electron chi connectivity index (χ2n) is 5.23. The molecule has 1 aromatic heterocycles. The third-order valence-corrected chi connectivity index (χ3v) is 4.85. The number of nitrogens with one attached hydrogen (secondary N) is 1. The van der Waals surface area contributed by atoms with Crippen LogP contribution in [0.1, 0.15) is 16.1 Å². The molecule has 0 spiro atoms. The van der Waals surface area contributed by atoms with Crippen LogP contribution in [0, 0.1) is 5.82 Å². The Bertz CT molecular complexity index is 955. The van der Waals surface area contributed by atoms with E-state index < -0.39 is 5.91 Å². The van der Waals surface area contributed by atoms with Crippen molar-refractivity contribution in [1.29, 1.82) is 0 Å². The van der Waals surface area contributed by atoms with Gasteiger partial charge in [-0.15, -0.1) is 0 Å². The van der Waals surface area contributed by atoms with Gasteiger partial charge in [0.25, 0.3) is 5.91 Å². The Morgan fingerprint density at radius 2 is 2.04 bits per heavy atom. The molecular weight excluding hydrogens is 421 g/mol. The van der Waals surface area contributed by atoms with Gasteiger partial charge in [0.15, 0.2) is 5.16 Å². The van der Waals surface area contributed by atoms with Crippen LogP contribution in [0.25, 0.3) is 0 Å². The summed E-state index contributed by atoms with van der Waals surface area (Å²) in [6.07, 6.45) is 1.48. The summed E-state index contributed by atoms with van der Waals surface area (Å²) in [5, 5.41) is 12.5.